The molecule has 2 aromatic rings. The molecule has 1 aliphatic rings. The van der Waals surface area contributed by atoms with Crippen LogP contribution in [-0.2, 0) is 4.79 Å². The van der Waals surface area contributed by atoms with Crippen LogP contribution in [0.1, 0.15) is 11.1 Å². The Kier molecular flexibility index (Phi) is 4.13. The van der Waals surface area contributed by atoms with Gasteiger partial charge in [0.1, 0.15) is 5.71 Å². The number of amides is 1. The topological polar surface area (TPSA) is 79.8 Å². The lowest BCUT2D eigenvalue weighted by Gasteiger charge is -2.08. The van der Waals surface area contributed by atoms with Crippen LogP contribution in [0, 0.1) is 0 Å². The molecule has 0 aliphatic carbocycles. The van der Waals surface area contributed by atoms with Gasteiger partial charge in [0, 0.05) is 15.6 Å². The number of carbonyl (C=O) groups excluding carboxylic acids is 1. The van der Waals surface area contributed by atoms with Gasteiger partial charge in [-0.2, -0.15) is 0 Å². The molecule has 1 amide bonds. The van der Waals surface area contributed by atoms with Crippen molar-refractivity contribution < 1.29 is 4.79 Å². The second kappa shape index (κ2) is 6.21. The van der Waals surface area contributed by atoms with E-state index in [1.54, 1.807) is 0 Å². The van der Waals surface area contributed by atoms with Crippen molar-refractivity contribution in [2.75, 3.05) is 6.54 Å². The third-order valence-electron chi connectivity index (χ3n) is 3.30. The van der Waals surface area contributed by atoms with Crippen LogP contribution in [-0.4, -0.2) is 23.9 Å². The zero-order valence-corrected chi connectivity index (χ0v) is 13.2. The molecule has 6 heteroatoms. The Labute approximate surface area is 136 Å². The minimum Gasteiger partial charge on any atom is -0.289 e. The smallest absolute Gasteiger partial charge is 0.281 e. The molecular formula is C16H13BrN4O. The first-order chi connectivity index (χ1) is 10.7. The number of carbonyl (C=O) groups is 1. The van der Waals surface area contributed by atoms with Crippen molar-refractivity contribution in [1.29, 1.82) is 0 Å². The van der Waals surface area contributed by atoms with Gasteiger partial charge in [-0.3, -0.25) is 15.2 Å². The molecule has 0 radical (unpaired) electrons. The Morgan fingerprint density at radius 3 is 2.68 bits per heavy atom. The maximum Gasteiger partial charge on any atom is 0.281 e. The molecule has 1 aliphatic heterocycles. The van der Waals surface area contributed by atoms with Crippen LogP contribution in [0.4, 0.5) is 5.69 Å². The number of nitrogens with one attached hydrogen (secondary N) is 1. The van der Waals surface area contributed by atoms with E-state index >= 15 is 0 Å². The van der Waals surface area contributed by atoms with E-state index in [-0.39, 0.29) is 12.3 Å². The van der Waals surface area contributed by atoms with E-state index in [2.05, 4.69) is 31.3 Å². The van der Waals surface area contributed by atoms with Crippen LogP contribution >= 0.6 is 15.9 Å². The van der Waals surface area contributed by atoms with E-state index in [0.717, 1.165) is 21.3 Å². The number of hydrazine groups is 1. The highest BCUT2D eigenvalue weighted by atomic mass is 79.9. The number of hydrogen-bond donors (Lipinski definition) is 2. The van der Waals surface area contributed by atoms with Gasteiger partial charge in [-0.15, -0.1) is 0 Å². The lowest BCUT2D eigenvalue weighted by Crippen LogP contribution is -2.37. The summed E-state index contributed by atoms with van der Waals surface area (Å²) in [5.41, 5.74) is 5.76. The molecule has 0 bridgehead atoms. The molecule has 0 aromatic heterocycles. The van der Waals surface area contributed by atoms with Crippen LogP contribution in [0.15, 0.2) is 63.0 Å². The summed E-state index contributed by atoms with van der Waals surface area (Å²) < 4.78 is 0.928. The number of nitrogens with zero attached hydrogens (tertiary/aromatic N) is 2. The van der Waals surface area contributed by atoms with Crippen LogP contribution in [0.5, 0.6) is 0 Å². The van der Waals surface area contributed by atoms with E-state index in [4.69, 9.17) is 5.84 Å². The van der Waals surface area contributed by atoms with Gasteiger partial charge >= 0.3 is 0 Å². The highest BCUT2D eigenvalue weighted by Crippen LogP contribution is 2.28. The van der Waals surface area contributed by atoms with Crippen molar-refractivity contribution in [2.45, 2.75) is 0 Å². The number of rotatable bonds is 2. The quantitative estimate of drug-likeness (QED) is 0.492. The molecule has 0 atom stereocenters. The first-order valence-electron chi connectivity index (χ1n) is 6.67. The third kappa shape index (κ3) is 2.84. The van der Waals surface area contributed by atoms with Crippen molar-refractivity contribution in [1.82, 2.24) is 5.43 Å². The zero-order valence-electron chi connectivity index (χ0n) is 11.6. The van der Waals surface area contributed by atoms with E-state index in [0.29, 0.717) is 5.69 Å². The van der Waals surface area contributed by atoms with Crippen molar-refractivity contribution in [3.8, 4) is 0 Å². The Hall–Kier alpha value is -2.31. The fourth-order valence-corrected chi connectivity index (χ4v) is 2.63. The maximum absolute atomic E-state index is 11.8. The van der Waals surface area contributed by atoms with Gasteiger partial charge in [0.05, 0.1) is 17.9 Å². The average Bonchev–Trinajstić information content (AvgIpc) is 2.74. The lowest BCUT2D eigenvalue weighted by molar-refractivity contribution is -0.114. The van der Waals surface area contributed by atoms with Gasteiger partial charge in [-0.25, -0.2) is 10.8 Å². The second-order valence-corrected chi connectivity index (χ2v) is 5.64. The average molecular weight is 357 g/mol. The Balaban J connectivity index is 2.17. The van der Waals surface area contributed by atoms with Crippen LogP contribution in [0.3, 0.4) is 0 Å². The number of benzene rings is 2. The van der Waals surface area contributed by atoms with Crippen LogP contribution in [0.2, 0.25) is 0 Å². The molecular weight excluding hydrogens is 344 g/mol. The third-order valence-corrected chi connectivity index (χ3v) is 3.79. The lowest BCUT2D eigenvalue weighted by atomic mass is 10.0. The summed E-state index contributed by atoms with van der Waals surface area (Å²) in [6.07, 6.45) is 0. The minimum atomic E-state index is -0.424. The molecule has 0 saturated heterocycles. The number of nitrogens with two attached hydrogens (primary N) is 1. The monoisotopic (exact) mass is 356 g/mol. The molecule has 0 saturated carbocycles. The Morgan fingerprint density at radius 2 is 1.95 bits per heavy atom. The molecule has 3 N–H and O–H groups in total. The van der Waals surface area contributed by atoms with E-state index < -0.39 is 5.91 Å². The summed E-state index contributed by atoms with van der Waals surface area (Å²) in [5, 5.41) is 0. The fraction of sp³-hybridized carbons (Fsp3) is 0.0625. The molecule has 0 unspecified atom stereocenters. The Morgan fingerprint density at radius 1 is 1.18 bits per heavy atom. The summed E-state index contributed by atoms with van der Waals surface area (Å²) in [7, 11) is 0. The first kappa shape index (κ1) is 14.6. The maximum atomic E-state index is 11.8. The van der Waals surface area contributed by atoms with Gasteiger partial charge in [0.25, 0.3) is 5.91 Å². The van der Waals surface area contributed by atoms with Crippen LogP contribution < -0.4 is 11.3 Å². The minimum absolute atomic E-state index is 0.180. The van der Waals surface area contributed by atoms with Gasteiger partial charge in [0.15, 0.2) is 0 Å². The molecule has 1 heterocycles. The van der Waals surface area contributed by atoms with E-state index in [1.807, 2.05) is 48.5 Å². The van der Waals surface area contributed by atoms with Gasteiger partial charge in [-0.1, -0.05) is 46.3 Å². The number of aliphatic imine (C=N–C) groups is 2. The summed E-state index contributed by atoms with van der Waals surface area (Å²) in [6, 6.07) is 15.5. The fourth-order valence-electron chi connectivity index (χ4n) is 2.26. The van der Waals surface area contributed by atoms with Gasteiger partial charge in [-0.05, 0) is 18.2 Å². The zero-order chi connectivity index (χ0) is 15.5. The van der Waals surface area contributed by atoms with Crippen LogP contribution in [0.25, 0.3) is 0 Å². The largest absolute Gasteiger partial charge is 0.289 e. The van der Waals surface area contributed by atoms with E-state index in [1.165, 1.54) is 0 Å². The number of halogens is 1. The molecule has 110 valence electrons. The number of hydrogen-bond acceptors (Lipinski definition) is 4. The van der Waals surface area contributed by atoms with Crippen molar-refractivity contribution >= 4 is 38.9 Å². The molecule has 3 rings (SSSR count). The van der Waals surface area contributed by atoms with Crippen molar-refractivity contribution in [3.05, 3.63) is 64.1 Å². The highest BCUT2D eigenvalue weighted by molar-refractivity contribution is 9.10. The van der Waals surface area contributed by atoms with Crippen molar-refractivity contribution in [3.63, 3.8) is 0 Å². The molecule has 2 aromatic carbocycles. The summed E-state index contributed by atoms with van der Waals surface area (Å²) in [5.74, 6) is 4.78. The summed E-state index contributed by atoms with van der Waals surface area (Å²) >= 11 is 3.47. The number of fused-ring (bicyclic) bond motifs is 1. The highest BCUT2D eigenvalue weighted by Gasteiger charge is 2.19. The van der Waals surface area contributed by atoms with Gasteiger partial charge < -0.3 is 0 Å². The molecule has 22 heavy (non-hydrogen) atoms. The SMILES string of the molecule is NNC(=O)C1=Nc2ccc(Br)cc2C(c2ccccc2)=NC1. The predicted octanol–water partition coefficient (Wildman–Crippen LogP) is 2.36. The summed E-state index contributed by atoms with van der Waals surface area (Å²) in [4.78, 5) is 20.8. The molecule has 0 fully saturated rings. The standard InChI is InChI=1S/C16H13BrN4O/c17-11-6-7-13-12(8-11)15(10-4-2-1-3-5-10)19-9-14(20-13)16(22)21-18/h1-8H,9,18H2,(H,21,22). The molecule has 0 spiro atoms. The first-order valence-corrected chi connectivity index (χ1v) is 7.46. The van der Waals surface area contributed by atoms with Gasteiger partial charge in [0.2, 0.25) is 0 Å². The normalized spacial score (nSPS) is 13.5. The Bertz CT molecular complexity index is 784. The van der Waals surface area contributed by atoms with E-state index in [9.17, 15) is 4.79 Å². The summed E-state index contributed by atoms with van der Waals surface area (Å²) in [6.45, 7) is 0.180. The molecule has 5 nitrogen and oxygen atoms in total. The van der Waals surface area contributed by atoms with Crippen molar-refractivity contribution in [2.24, 2.45) is 15.8 Å². The predicted molar refractivity (Wildman–Crippen MR) is 90.5 cm³/mol. The second-order valence-electron chi connectivity index (χ2n) is 4.72.